The van der Waals surface area contributed by atoms with E-state index in [1.54, 1.807) is 0 Å². The second-order valence-corrected chi connectivity index (χ2v) is 5.49. The van der Waals surface area contributed by atoms with Crippen LogP contribution in [0.25, 0.3) is 0 Å². The molecule has 0 aromatic carbocycles. The Morgan fingerprint density at radius 3 is 2.82 bits per heavy atom. The SMILES string of the molecule is CC(C)(C#N)CCCCN1CCCC1C(=O)O. The van der Waals surface area contributed by atoms with Crippen molar-refractivity contribution in [2.24, 2.45) is 5.41 Å². The van der Waals surface area contributed by atoms with Gasteiger partial charge in [0.1, 0.15) is 6.04 Å². The molecule has 1 saturated heterocycles. The van der Waals surface area contributed by atoms with Crippen molar-refractivity contribution in [2.75, 3.05) is 13.1 Å². The third kappa shape index (κ3) is 4.35. The number of hydrogen-bond acceptors (Lipinski definition) is 3. The van der Waals surface area contributed by atoms with Crippen molar-refractivity contribution in [3.63, 3.8) is 0 Å². The van der Waals surface area contributed by atoms with Gasteiger partial charge in [0, 0.05) is 0 Å². The van der Waals surface area contributed by atoms with Gasteiger partial charge in [0.15, 0.2) is 0 Å². The molecule has 96 valence electrons. The minimum absolute atomic E-state index is 0.253. The molecule has 17 heavy (non-hydrogen) atoms. The molecule has 0 spiro atoms. The number of carboxylic acids is 1. The van der Waals surface area contributed by atoms with Crippen molar-refractivity contribution in [2.45, 2.75) is 52.0 Å². The van der Waals surface area contributed by atoms with E-state index >= 15 is 0 Å². The molecule has 0 aromatic rings. The molecule has 0 aliphatic carbocycles. The van der Waals surface area contributed by atoms with Gasteiger partial charge in [0.25, 0.3) is 0 Å². The van der Waals surface area contributed by atoms with E-state index in [2.05, 4.69) is 11.0 Å². The Hall–Kier alpha value is -1.08. The van der Waals surface area contributed by atoms with Crippen LogP contribution in [-0.4, -0.2) is 35.1 Å². The molecule has 1 N–H and O–H groups in total. The molecular formula is C13H22N2O2. The standard InChI is InChI=1S/C13H22N2O2/c1-13(2,10-14)7-3-4-8-15-9-5-6-11(15)12(16)17/h11H,3-9H2,1-2H3,(H,16,17). The van der Waals surface area contributed by atoms with Crippen molar-refractivity contribution in [1.82, 2.24) is 4.90 Å². The molecule has 1 heterocycles. The maximum atomic E-state index is 11.0. The quantitative estimate of drug-likeness (QED) is 0.721. The number of carboxylic acid groups (broad SMARTS) is 1. The van der Waals surface area contributed by atoms with Crippen molar-refractivity contribution < 1.29 is 9.90 Å². The van der Waals surface area contributed by atoms with Crippen molar-refractivity contribution in [3.8, 4) is 6.07 Å². The van der Waals surface area contributed by atoms with Crippen LogP contribution in [0.4, 0.5) is 0 Å². The third-order valence-electron chi connectivity index (χ3n) is 3.45. The number of nitriles is 1. The lowest BCUT2D eigenvalue weighted by atomic mass is 9.89. The van der Waals surface area contributed by atoms with Crippen LogP contribution in [0.15, 0.2) is 0 Å². The van der Waals surface area contributed by atoms with Gasteiger partial charge >= 0.3 is 5.97 Å². The smallest absolute Gasteiger partial charge is 0.320 e. The van der Waals surface area contributed by atoms with Gasteiger partial charge in [0.2, 0.25) is 0 Å². The van der Waals surface area contributed by atoms with Crippen LogP contribution in [0.5, 0.6) is 0 Å². The highest BCUT2D eigenvalue weighted by molar-refractivity contribution is 5.73. The first-order valence-electron chi connectivity index (χ1n) is 6.34. The second kappa shape index (κ2) is 6.02. The number of nitrogens with zero attached hydrogens (tertiary/aromatic N) is 2. The van der Waals surface area contributed by atoms with E-state index in [0.717, 1.165) is 45.2 Å². The average molecular weight is 238 g/mol. The number of aliphatic carboxylic acids is 1. The van der Waals surface area contributed by atoms with Gasteiger partial charge in [-0.05, 0) is 52.6 Å². The highest BCUT2D eigenvalue weighted by atomic mass is 16.4. The van der Waals surface area contributed by atoms with E-state index in [9.17, 15) is 4.79 Å². The molecular weight excluding hydrogens is 216 g/mol. The molecule has 4 nitrogen and oxygen atoms in total. The summed E-state index contributed by atoms with van der Waals surface area (Å²) in [6.07, 6.45) is 4.62. The largest absolute Gasteiger partial charge is 0.480 e. The van der Waals surface area contributed by atoms with E-state index in [-0.39, 0.29) is 11.5 Å². The number of hydrogen-bond donors (Lipinski definition) is 1. The minimum Gasteiger partial charge on any atom is -0.480 e. The summed E-state index contributed by atoms with van der Waals surface area (Å²) in [6, 6.07) is 2.01. The Morgan fingerprint density at radius 1 is 1.53 bits per heavy atom. The predicted octanol–water partition coefficient (Wildman–Crippen LogP) is 2.26. The predicted molar refractivity (Wildman–Crippen MR) is 65.5 cm³/mol. The molecule has 0 saturated carbocycles. The Bertz CT molecular complexity index is 307. The summed E-state index contributed by atoms with van der Waals surface area (Å²) in [5, 5.41) is 17.9. The number of unbranched alkanes of at least 4 members (excludes halogenated alkanes) is 1. The number of carbonyl (C=O) groups is 1. The number of rotatable bonds is 6. The van der Waals surface area contributed by atoms with E-state index in [4.69, 9.17) is 10.4 Å². The first-order valence-corrected chi connectivity index (χ1v) is 6.34. The summed E-state index contributed by atoms with van der Waals surface area (Å²) < 4.78 is 0. The lowest BCUT2D eigenvalue weighted by Gasteiger charge is -2.21. The van der Waals surface area contributed by atoms with Gasteiger partial charge < -0.3 is 5.11 Å². The summed E-state index contributed by atoms with van der Waals surface area (Å²) in [6.45, 7) is 5.64. The van der Waals surface area contributed by atoms with Gasteiger partial charge in [-0.15, -0.1) is 0 Å². The summed E-state index contributed by atoms with van der Waals surface area (Å²) in [5.74, 6) is -0.695. The monoisotopic (exact) mass is 238 g/mol. The summed E-state index contributed by atoms with van der Waals surface area (Å²) in [7, 11) is 0. The van der Waals surface area contributed by atoms with Crippen molar-refractivity contribution >= 4 is 5.97 Å². The first kappa shape index (κ1) is 14.0. The fraction of sp³-hybridized carbons (Fsp3) is 0.846. The zero-order chi connectivity index (χ0) is 12.9. The maximum Gasteiger partial charge on any atom is 0.320 e. The zero-order valence-electron chi connectivity index (χ0n) is 10.8. The molecule has 0 aromatic heterocycles. The Labute approximate surface area is 103 Å². The maximum absolute atomic E-state index is 11.0. The van der Waals surface area contributed by atoms with Crippen LogP contribution >= 0.6 is 0 Å². The van der Waals surface area contributed by atoms with Crippen LogP contribution in [0.2, 0.25) is 0 Å². The van der Waals surface area contributed by atoms with Crippen LogP contribution in [0.1, 0.15) is 46.0 Å². The van der Waals surface area contributed by atoms with Crippen LogP contribution in [-0.2, 0) is 4.79 Å². The Morgan fingerprint density at radius 2 is 2.24 bits per heavy atom. The van der Waals surface area contributed by atoms with E-state index in [0.29, 0.717) is 0 Å². The van der Waals surface area contributed by atoms with Crippen LogP contribution in [0.3, 0.4) is 0 Å². The van der Waals surface area contributed by atoms with Gasteiger partial charge in [0.05, 0.1) is 11.5 Å². The lowest BCUT2D eigenvalue weighted by Crippen LogP contribution is -2.36. The Balaban J connectivity index is 2.23. The Kier molecular flexibility index (Phi) is 4.95. The second-order valence-electron chi connectivity index (χ2n) is 5.49. The normalized spacial score (nSPS) is 21.4. The molecule has 1 rings (SSSR count). The van der Waals surface area contributed by atoms with Gasteiger partial charge in [-0.25, -0.2) is 0 Å². The molecule has 1 aliphatic heterocycles. The average Bonchev–Trinajstić information content (AvgIpc) is 2.73. The van der Waals surface area contributed by atoms with E-state index < -0.39 is 5.97 Å². The van der Waals surface area contributed by atoms with E-state index in [1.165, 1.54) is 0 Å². The van der Waals surface area contributed by atoms with Crippen LogP contribution < -0.4 is 0 Å². The number of likely N-dealkylation sites (tertiary alicyclic amines) is 1. The molecule has 1 atom stereocenters. The first-order chi connectivity index (χ1) is 7.96. The van der Waals surface area contributed by atoms with Crippen molar-refractivity contribution in [3.05, 3.63) is 0 Å². The van der Waals surface area contributed by atoms with Gasteiger partial charge in [-0.3, -0.25) is 9.69 Å². The summed E-state index contributed by atoms with van der Waals surface area (Å²) in [5.41, 5.74) is -0.253. The molecule has 1 aliphatic rings. The van der Waals surface area contributed by atoms with Crippen molar-refractivity contribution in [1.29, 1.82) is 5.26 Å². The highest BCUT2D eigenvalue weighted by Gasteiger charge is 2.29. The fourth-order valence-electron chi connectivity index (χ4n) is 2.31. The molecule has 4 heteroatoms. The molecule has 1 fully saturated rings. The topological polar surface area (TPSA) is 64.3 Å². The summed E-state index contributed by atoms with van der Waals surface area (Å²) in [4.78, 5) is 13.0. The lowest BCUT2D eigenvalue weighted by molar-refractivity contribution is -0.142. The summed E-state index contributed by atoms with van der Waals surface area (Å²) >= 11 is 0. The molecule has 1 unspecified atom stereocenters. The molecule has 0 amide bonds. The molecule has 0 bridgehead atoms. The fourth-order valence-corrected chi connectivity index (χ4v) is 2.31. The van der Waals surface area contributed by atoms with Crippen LogP contribution in [0, 0.1) is 16.7 Å². The minimum atomic E-state index is -0.695. The van der Waals surface area contributed by atoms with Gasteiger partial charge in [-0.1, -0.05) is 6.42 Å². The van der Waals surface area contributed by atoms with Gasteiger partial charge in [-0.2, -0.15) is 5.26 Å². The highest BCUT2D eigenvalue weighted by Crippen LogP contribution is 2.23. The zero-order valence-corrected chi connectivity index (χ0v) is 10.8. The van der Waals surface area contributed by atoms with E-state index in [1.807, 2.05) is 13.8 Å². The third-order valence-corrected chi connectivity index (χ3v) is 3.45. The molecule has 0 radical (unpaired) electrons.